The summed E-state index contributed by atoms with van der Waals surface area (Å²) in [5.74, 6) is 1.89. The standard InChI is InChI=1S/C20H22N2O2S/c1-3-24-17-10-6-15(7-11-17)18(19-13-25-20(21)22-19)12-14-4-8-16(23-2)9-5-14/h4-11,13,18H,3,12H2,1-2H3,(H2,21,22). The first kappa shape index (κ1) is 17.3. The SMILES string of the molecule is CCOc1ccc(C(Cc2ccc(OC)cc2)c2csc(N)n2)cc1. The second-order valence-electron chi connectivity index (χ2n) is 5.72. The number of nitrogens with two attached hydrogens (primary N) is 1. The molecule has 1 unspecified atom stereocenters. The van der Waals surface area contributed by atoms with Crippen molar-refractivity contribution in [1.29, 1.82) is 0 Å². The van der Waals surface area contributed by atoms with Gasteiger partial charge in [-0.3, -0.25) is 0 Å². The summed E-state index contributed by atoms with van der Waals surface area (Å²) >= 11 is 1.48. The lowest BCUT2D eigenvalue weighted by molar-refractivity contribution is 0.340. The van der Waals surface area contributed by atoms with Crippen LogP contribution in [0.2, 0.25) is 0 Å². The van der Waals surface area contributed by atoms with Gasteiger partial charge in [-0.2, -0.15) is 0 Å². The van der Waals surface area contributed by atoms with Crippen molar-refractivity contribution >= 4 is 16.5 Å². The maximum atomic E-state index is 5.86. The fourth-order valence-electron chi connectivity index (χ4n) is 2.81. The molecular weight excluding hydrogens is 332 g/mol. The van der Waals surface area contributed by atoms with Crippen LogP contribution in [0.25, 0.3) is 0 Å². The first-order valence-corrected chi connectivity index (χ1v) is 9.14. The third-order valence-corrected chi connectivity index (χ3v) is 4.78. The molecule has 0 radical (unpaired) electrons. The Morgan fingerprint density at radius 2 is 1.72 bits per heavy atom. The second kappa shape index (κ2) is 8.03. The average Bonchev–Trinajstić information content (AvgIpc) is 3.07. The highest BCUT2D eigenvalue weighted by Crippen LogP contribution is 2.31. The Bertz CT molecular complexity index is 797. The topological polar surface area (TPSA) is 57.4 Å². The molecule has 1 atom stereocenters. The highest BCUT2D eigenvalue weighted by molar-refractivity contribution is 7.13. The monoisotopic (exact) mass is 354 g/mol. The Morgan fingerprint density at radius 1 is 1.04 bits per heavy atom. The van der Waals surface area contributed by atoms with Crippen LogP contribution in [0.15, 0.2) is 53.9 Å². The molecule has 4 nitrogen and oxygen atoms in total. The molecular formula is C20H22N2O2S. The lowest BCUT2D eigenvalue weighted by Crippen LogP contribution is -2.06. The van der Waals surface area contributed by atoms with Gasteiger partial charge >= 0.3 is 0 Å². The van der Waals surface area contributed by atoms with Gasteiger partial charge in [0.15, 0.2) is 5.13 Å². The summed E-state index contributed by atoms with van der Waals surface area (Å²) in [6.45, 7) is 2.65. The van der Waals surface area contributed by atoms with Gasteiger partial charge < -0.3 is 15.2 Å². The number of ether oxygens (including phenoxy) is 2. The van der Waals surface area contributed by atoms with Gasteiger partial charge in [0.1, 0.15) is 11.5 Å². The van der Waals surface area contributed by atoms with E-state index in [4.69, 9.17) is 15.2 Å². The summed E-state index contributed by atoms with van der Waals surface area (Å²) in [6.07, 6.45) is 0.848. The first-order chi connectivity index (χ1) is 12.2. The summed E-state index contributed by atoms with van der Waals surface area (Å²) in [5, 5.41) is 2.64. The zero-order valence-corrected chi connectivity index (χ0v) is 15.3. The molecule has 130 valence electrons. The smallest absolute Gasteiger partial charge is 0.180 e. The van der Waals surface area contributed by atoms with Crippen molar-refractivity contribution in [2.75, 3.05) is 19.5 Å². The van der Waals surface area contributed by atoms with E-state index < -0.39 is 0 Å². The van der Waals surface area contributed by atoms with Crippen molar-refractivity contribution < 1.29 is 9.47 Å². The largest absolute Gasteiger partial charge is 0.497 e. The number of nitrogens with zero attached hydrogens (tertiary/aromatic N) is 1. The summed E-state index contributed by atoms with van der Waals surface area (Å²) in [5.41, 5.74) is 9.29. The van der Waals surface area contributed by atoms with Crippen molar-refractivity contribution in [1.82, 2.24) is 4.98 Å². The van der Waals surface area contributed by atoms with E-state index in [2.05, 4.69) is 29.2 Å². The number of nitrogen functional groups attached to an aromatic ring is 1. The van der Waals surface area contributed by atoms with Gasteiger partial charge in [-0.1, -0.05) is 24.3 Å². The normalized spacial score (nSPS) is 11.9. The van der Waals surface area contributed by atoms with Crippen LogP contribution in [0.1, 0.15) is 29.7 Å². The Morgan fingerprint density at radius 3 is 2.28 bits per heavy atom. The van der Waals surface area contributed by atoms with Gasteiger partial charge in [-0.05, 0) is 48.7 Å². The van der Waals surface area contributed by atoms with Gasteiger partial charge in [0.25, 0.3) is 0 Å². The maximum absolute atomic E-state index is 5.86. The third-order valence-electron chi connectivity index (χ3n) is 4.09. The molecule has 0 bridgehead atoms. The summed E-state index contributed by atoms with van der Waals surface area (Å²) < 4.78 is 10.8. The van der Waals surface area contributed by atoms with E-state index in [1.54, 1.807) is 7.11 Å². The minimum atomic E-state index is 0.151. The number of anilines is 1. The highest BCUT2D eigenvalue weighted by Gasteiger charge is 2.18. The van der Waals surface area contributed by atoms with Crippen LogP contribution in [0.5, 0.6) is 11.5 Å². The van der Waals surface area contributed by atoms with Crippen molar-refractivity contribution in [2.24, 2.45) is 0 Å². The maximum Gasteiger partial charge on any atom is 0.180 e. The van der Waals surface area contributed by atoms with Gasteiger partial charge in [0.2, 0.25) is 0 Å². The fraction of sp³-hybridized carbons (Fsp3) is 0.250. The van der Waals surface area contributed by atoms with E-state index in [1.165, 1.54) is 22.5 Å². The van der Waals surface area contributed by atoms with E-state index in [1.807, 2.05) is 36.6 Å². The minimum Gasteiger partial charge on any atom is -0.497 e. The predicted molar refractivity (Wildman–Crippen MR) is 103 cm³/mol. The number of rotatable bonds is 7. The molecule has 3 aromatic rings. The van der Waals surface area contributed by atoms with Crippen LogP contribution in [0.4, 0.5) is 5.13 Å². The van der Waals surface area contributed by atoms with E-state index in [0.29, 0.717) is 11.7 Å². The number of benzene rings is 2. The summed E-state index contributed by atoms with van der Waals surface area (Å²) in [6, 6.07) is 16.4. The first-order valence-electron chi connectivity index (χ1n) is 8.26. The molecule has 3 rings (SSSR count). The lowest BCUT2D eigenvalue weighted by Gasteiger charge is -2.16. The van der Waals surface area contributed by atoms with E-state index in [-0.39, 0.29) is 5.92 Å². The van der Waals surface area contributed by atoms with Crippen LogP contribution >= 0.6 is 11.3 Å². The summed E-state index contributed by atoms with van der Waals surface area (Å²) in [7, 11) is 1.68. The predicted octanol–water partition coefficient (Wildman–Crippen LogP) is 4.51. The zero-order valence-electron chi connectivity index (χ0n) is 14.4. The van der Waals surface area contributed by atoms with Gasteiger partial charge in [0.05, 0.1) is 19.4 Å². The van der Waals surface area contributed by atoms with Crippen molar-refractivity contribution in [3.8, 4) is 11.5 Å². The van der Waals surface area contributed by atoms with Crippen LogP contribution in [-0.2, 0) is 6.42 Å². The van der Waals surface area contributed by atoms with Crippen LogP contribution in [0, 0.1) is 0 Å². The lowest BCUT2D eigenvalue weighted by atomic mass is 9.89. The van der Waals surface area contributed by atoms with Gasteiger partial charge in [-0.25, -0.2) is 4.98 Å². The molecule has 0 saturated heterocycles. The molecule has 2 N–H and O–H groups in total. The van der Waals surface area contributed by atoms with Gasteiger partial charge in [-0.15, -0.1) is 11.3 Å². The quantitative estimate of drug-likeness (QED) is 0.678. The number of methoxy groups -OCH3 is 1. The molecule has 0 fully saturated rings. The minimum absolute atomic E-state index is 0.151. The molecule has 0 aliphatic heterocycles. The molecule has 25 heavy (non-hydrogen) atoms. The van der Waals surface area contributed by atoms with Crippen LogP contribution in [-0.4, -0.2) is 18.7 Å². The molecule has 0 aliphatic carbocycles. The Hall–Kier alpha value is -2.53. The molecule has 5 heteroatoms. The van der Waals surface area contributed by atoms with E-state index in [9.17, 15) is 0 Å². The number of hydrogen-bond acceptors (Lipinski definition) is 5. The molecule has 0 amide bonds. The number of thiazole rings is 1. The Labute approximate surface area is 152 Å². The molecule has 0 spiro atoms. The summed E-state index contributed by atoms with van der Waals surface area (Å²) in [4.78, 5) is 4.52. The fourth-order valence-corrected chi connectivity index (χ4v) is 3.43. The third kappa shape index (κ3) is 4.31. The van der Waals surface area contributed by atoms with Gasteiger partial charge in [0, 0.05) is 11.3 Å². The second-order valence-corrected chi connectivity index (χ2v) is 6.61. The average molecular weight is 354 g/mol. The molecule has 1 heterocycles. The van der Waals surface area contributed by atoms with Crippen LogP contribution in [0.3, 0.4) is 0 Å². The number of hydrogen-bond donors (Lipinski definition) is 1. The van der Waals surface area contributed by atoms with Crippen molar-refractivity contribution in [2.45, 2.75) is 19.3 Å². The molecule has 2 aromatic carbocycles. The van der Waals surface area contributed by atoms with Crippen LogP contribution < -0.4 is 15.2 Å². The van der Waals surface area contributed by atoms with Crippen molar-refractivity contribution in [3.05, 3.63) is 70.7 Å². The molecule has 1 aromatic heterocycles. The zero-order chi connectivity index (χ0) is 17.6. The van der Waals surface area contributed by atoms with Crippen molar-refractivity contribution in [3.63, 3.8) is 0 Å². The van der Waals surface area contributed by atoms with E-state index in [0.717, 1.165) is 23.6 Å². The Kier molecular flexibility index (Phi) is 5.56. The Balaban J connectivity index is 1.89. The number of aromatic nitrogens is 1. The molecule has 0 saturated carbocycles. The van der Waals surface area contributed by atoms with E-state index >= 15 is 0 Å². The molecule has 0 aliphatic rings. The highest BCUT2D eigenvalue weighted by atomic mass is 32.1.